The van der Waals surface area contributed by atoms with E-state index in [-0.39, 0.29) is 34.1 Å². The topological polar surface area (TPSA) is 114 Å². The second-order valence-electron chi connectivity index (χ2n) is 10.6. The van der Waals surface area contributed by atoms with Gasteiger partial charge in [0.05, 0.1) is 12.7 Å². The van der Waals surface area contributed by atoms with Gasteiger partial charge in [-0.25, -0.2) is 19.2 Å². The summed E-state index contributed by atoms with van der Waals surface area (Å²) in [6.45, 7) is 15.4. The van der Waals surface area contributed by atoms with Crippen molar-refractivity contribution in [2.45, 2.75) is 6.92 Å². The lowest BCUT2D eigenvalue weighted by atomic mass is 10.1. The monoisotopic (exact) mass is 702 g/mol. The first kappa shape index (κ1) is 38.0. The van der Waals surface area contributed by atoms with Crippen LogP contribution < -0.4 is 23.7 Å². The highest BCUT2D eigenvalue weighted by atomic mass is 16.6. The Bertz CT molecular complexity index is 2310. The molecular weight excluding hydrogens is 672 g/mol. The molecule has 0 aliphatic rings. The van der Waals surface area contributed by atoms with Crippen LogP contribution in [0, 0.1) is 35.5 Å². The van der Waals surface area contributed by atoms with Crippen LogP contribution >= 0.6 is 0 Å². The van der Waals surface area contributed by atoms with Gasteiger partial charge in [-0.05, 0) is 79.7 Å². The van der Waals surface area contributed by atoms with E-state index >= 15 is 0 Å². The maximum Gasteiger partial charge on any atom is 0.338 e. The Kier molecular flexibility index (Phi) is 13.1. The Hall–Kier alpha value is -7.80. The molecule has 0 atom stereocenters. The largest absolute Gasteiger partial charge is 0.491 e. The first-order chi connectivity index (χ1) is 25.5. The molecule has 4 aromatic carbocycles. The standard InChI is InChI=1S/C44H30O9/c1-7-39(45)50-35-23-17-33(18-24-35)21-27-37-38(52-40(46)8-2)28-34(42(43(37)49-6)53-41(47)9-3)22-16-31-13-10-30(11-14-31)12-15-32-19-25-36(26-20-32)51-44(48)29(4)5/h7-11,13-14,17-20,23-26,28H,1-4H2,5-6H3. The van der Waals surface area contributed by atoms with Crippen LogP contribution in [-0.4, -0.2) is 31.0 Å². The molecule has 0 saturated carbocycles. The summed E-state index contributed by atoms with van der Waals surface area (Å²) in [5.41, 5.74) is 3.04. The summed E-state index contributed by atoms with van der Waals surface area (Å²) in [5.74, 6) is 15.8. The van der Waals surface area contributed by atoms with Gasteiger partial charge >= 0.3 is 23.9 Å². The van der Waals surface area contributed by atoms with Gasteiger partial charge in [0.15, 0.2) is 17.2 Å². The number of rotatable bonds is 9. The van der Waals surface area contributed by atoms with E-state index in [0.29, 0.717) is 33.6 Å². The summed E-state index contributed by atoms with van der Waals surface area (Å²) >= 11 is 0. The molecule has 0 bridgehead atoms. The summed E-state index contributed by atoms with van der Waals surface area (Å²) in [7, 11) is 1.33. The fourth-order valence-electron chi connectivity index (χ4n) is 4.12. The number of hydrogen-bond acceptors (Lipinski definition) is 9. The maximum atomic E-state index is 12.4. The quantitative estimate of drug-likeness (QED) is 0.0819. The summed E-state index contributed by atoms with van der Waals surface area (Å²) < 4.78 is 27.0. The van der Waals surface area contributed by atoms with Gasteiger partial charge in [-0.15, -0.1) is 0 Å². The highest BCUT2D eigenvalue weighted by molar-refractivity contribution is 5.89. The molecule has 4 aromatic rings. The molecule has 0 spiro atoms. The fourth-order valence-corrected chi connectivity index (χ4v) is 4.12. The fraction of sp³-hybridized carbons (Fsp3) is 0.0455. The van der Waals surface area contributed by atoms with E-state index in [0.717, 1.165) is 18.2 Å². The number of methoxy groups -OCH3 is 1. The van der Waals surface area contributed by atoms with Gasteiger partial charge in [0.25, 0.3) is 0 Å². The molecule has 0 aliphatic heterocycles. The smallest absolute Gasteiger partial charge is 0.338 e. The van der Waals surface area contributed by atoms with Crippen molar-refractivity contribution in [3.63, 3.8) is 0 Å². The van der Waals surface area contributed by atoms with E-state index in [4.69, 9.17) is 23.7 Å². The molecule has 0 aliphatic carbocycles. The van der Waals surface area contributed by atoms with Gasteiger partial charge in [-0.2, -0.15) is 0 Å². The lowest BCUT2D eigenvalue weighted by molar-refractivity contribution is -0.130. The molecule has 0 radical (unpaired) electrons. The number of carbonyl (C=O) groups is 4. The molecule has 9 nitrogen and oxygen atoms in total. The lowest BCUT2D eigenvalue weighted by Gasteiger charge is -2.15. The van der Waals surface area contributed by atoms with Crippen molar-refractivity contribution in [3.05, 3.63) is 162 Å². The third-order valence-electron chi connectivity index (χ3n) is 6.71. The highest BCUT2D eigenvalue weighted by Gasteiger charge is 2.23. The van der Waals surface area contributed by atoms with Gasteiger partial charge in [0.2, 0.25) is 0 Å². The van der Waals surface area contributed by atoms with Crippen molar-refractivity contribution in [3.8, 4) is 64.3 Å². The van der Waals surface area contributed by atoms with Crippen LogP contribution in [0.15, 0.2) is 129 Å². The van der Waals surface area contributed by atoms with Crippen molar-refractivity contribution in [1.29, 1.82) is 0 Å². The van der Waals surface area contributed by atoms with Gasteiger partial charge in [0, 0.05) is 52.1 Å². The van der Waals surface area contributed by atoms with Crippen LogP contribution in [0.4, 0.5) is 0 Å². The normalized spacial score (nSPS) is 9.47. The molecule has 0 unspecified atom stereocenters. The molecule has 53 heavy (non-hydrogen) atoms. The molecule has 9 heteroatoms. The van der Waals surface area contributed by atoms with Crippen LogP contribution in [0.5, 0.6) is 28.7 Å². The molecule has 260 valence electrons. The van der Waals surface area contributed by atoms with E-state index < -0.39 is 23.9 Å². The lowest BCUT2D eigenvalue weighted by Crippen LogP contribution is -2.10. The third kappa shape index (κ3) is 10.8. The Morgan fingerprint density at radius 3 is 1.43 bits per heavy atom. The van der Waals surface area contributed by atoms with Crippen LogP contribution in [-0.2, 0) is 19.2 Å². The van der Waals surface area contributed by atoms with Crippen LogP contribution in [0.25, 0.3) is 0 Å². The summed E-state index contributed by atoms with van der Waals surface area (Å²) in [6.07, 6.45) is 2.99. The SMILES string of the molecule is C=CC(=O)Oc1ccc(C#Cc2c(OC(=O)C=C)cc(C#Cc3ccc(C#Cc4ccc(OC(=O)C(=C)C)cc4)cc3)c(OC(=O)C=C)c2OC)cc1. The zero-order valence-corrected chi connectivity index (χ0v) is 28.7. The molecule has 0 aromatic heterocycles. The summed E-state index contributed by atoms with van der Waals surface area (Å²) in [6, 6.07) is 21.5. The van der Waals surface area contributed by atoms with Gasteiger partial charge in [-0.3, -0.25) is 0 Å². The van der Waals surface area contributed by atoms with E-state index in [1.807, 2.05) is 0 Å². The Balaban J connectivity index is 1.68. The maximum absolute atomic E-state index is 12.4. The molecule has 0 N–H and O–H groups in total. The van der Waals surface area contributed by atoms with Gasteiger partial charge < -0.3 is 23.7 Å². The molecule has 0 amide bonds. The molecular formula is C44H30O9. The van der Waals surface area contributed by atoms with E-state index in [9.17, 15) is 19.2 Å². The second kappa shape index (κ2) is 18.3. The minimum Gasteiger partial charge on any atom is -0.491 e. The summed E-state index contributed by atoms with van der Waals surface area (Å²) in [4.78, 5) is 48.0. The van der Waals surface area contributed by atoms with Crippen LogP contribution in [0.2, 0.25) is 0 Å². The predicted octanol–water partition coefficient (Wildman–Crippen LogP) is 6.65. The Labute approximate surface area is 306 Å². The Morgan fingerprint density at radius 1 is 0.547 bits per heavy atom. The van der Waals surface area contributed by atoms with Crippen molar-refractivity contribution in [2.24, 2.45) is 0 Å². The number of ether oxygens (including phenoxy) is 5. The van der Waals surface area contributed by atoms with E-state index in [1.165, 1.54) is 13.2 Å². The van der Waals surface area contributed by atoms with Crippen molar-refractivity contribution < 1.29 is 42.9 Å². The second-order valence-corrected chi connectivity index (χ2v) is 10.6. The zero-order valence-electron chi connectivity index (χ0n) is 28.7. The molecule has 0 saturated heterocycles. The first-order valence-electron chi connectivity index (χ1n) is 15.5. The van der Waals surface area contributed by atoms with Crippen molar-refractivity contribution >= 4 is 23.9 Å². The predicted molar refractivity (Wildman–Crippen MR) is 198 cm³/mol. The summed E-state index contributed by atoms with van der Waals surface area (Å²) in [5, 5.41) is 0. The number of esters is 4. The van der Waals surface area contributed by atoms with Crippen LogP contribution in [0.1, 0.15) is 40.3 Å². The number of benzene rings is 4. The number of carbonyl (C=O) groups excluding carboxylic acids is 4. The first-order valence-corrected chi connectivity index (χ1v) is 15.5. The number of hydrogen-bond donors (Lipinski definition) is 0. The molecule has 0 fully saturated rings. The minimum absolute atomic E-state index is 0.0319. The minimum atomic E-state index is -0.795. The van der Waals surface area contributed by atoms with Crippen LogP contribution in [0.3, 0.4) is 0 Å². The average Bonchev–Trinajstić information content (AvgIpc) is 3.17. The van der Waals surface area contributed by atoms with E-state index in [1.54, 1.807) is 79.7 Å². The van der Waals surface area contributed by atoms with Crippen molar-refractivity contribution in [1.82, 2.24) is 0 Å². The molecule has 4 rings (SSSR count). The third-order valence-corrected chi connectivity index (χ3v) is 6.71. The van der Waals surface area contributed by atoms with E-state index in [2.05, 4.69) is 61.8 Å². The average molecular weight is 703 g/mol. The zero-order chi connectivity index (χ0) is 38.3. The Morgan fingerprint density at radius 2 is 0.962 bits per heavy atom. The van der Waals surface area contributed by atoms with Gasteiger partial charge in [0.1, 0.15) is 17.1 Å². The molecule has 0 heterocycles. The van der Waals surface area contributed by atoms with Crippen molar-refractivity contribution in [2.75, 3.05) is 7.11 Å². The van der Waals surface area contributed by atoms with Gasteiger partial charge in [-0.1, -0.05) is 61.8 Å². The highest BCUT2D eigenvalue weighted by Crippen LogP contribution is 2.41.